The number of carboxylic acids is 1. The Kier molecular flexibility index (Phi) is 5.21. The molecule has 0 radical (unpaired) electrons. The first-order valence-corrected chi connectivity index (χ1v) is 7.12. The zero-order chi connectivity index (χ0) is 16.1. The van der Waals surface area contributed by atoms with Crippen LogP contribution in [0.1, 0.15) is 25.3 Å². The molecule has 0 aromatic heterocycles. The van der Waals surface area contributed by atoms with Gasteiger partial charge in [-0.1, -0.05) is 6.92 Å². The van der Waals surface area contributed by atoms with Gasteiger partial charge in [0.2, 0.25) is 0 Å². The first-order chi connectivity index (χ1) is 10.6. The van der Waals surface area contributed by atoms with E-state index >= 15 is 0 Å². The number of amides is 1. The smallest absolute Gasteiger partial charge is 0.305 e. The number of aliphatic hydroxyl groups is 1. The predicted octanol–water partition coefficient (Wildman–Crippen LogP) is 1.17. The lowest BCUT2D eigenvalue weighted by molar-refractivity contribution is -0.136. The minimum absolute atomic E-state index is 0.0482. The van der Waals surface area contributed by atoms with Crippen LogP contribution in [-0.4, -0.2) is 41.8 Å². The molecule has 1 amide bonds. The first kappa shape index (κ1) is 16.1. The quantitative estimate of drug-likeness (QED) is 0.785. The van der Waals surface area contributed by atoms with E-state index in [1.807, 2.05) is 6.92 Å². The van der Waals surface area contributed by atoms with Crippen LogP contribution in [0.3, 0.4) is 0 Å². The Morgan fingerprint density at radius 3 is 2.86 bits per heavy atom. The first-order valence-electron chi connectivity index (χ1n) is 7.12. The molecule has 2 N–H and O–H groups in total. The van der Waals surface area contributed by atoms with Gasteiger partial charge in [0, 0.05) is 6.54 Å². The molecule has 1 aromatic carbocycles. The second kappa shape index (κ2) is 7.13. The second-order valence-electron chi connectivity index (χ2n) is 4.93. The van der Waals surface area contributed by atoms with E-state index in [9.17, 15) is 14.7 Å². The number of carbonyl (C=O) groups excluding carboxylic acids is 1. The number of nitrogens with zero attached hydrogens (tertiary/aromatic N) is 1. The summed E-state index contributed by atoms with van der Waals surface area (Å²) in [5.74, 6) is -0.432. The Morgan fingerprint density at radius 2 is 2.23 bits per heavy atom. The van der Waals surface area contributed by atoms with Crippen LogP contribution in [0.15, 0.2) is 12.1 Å². The number of aliphatic hydroxyl groups excluding tert-OH is 1. The van der Waals surface area contributed by atoms with E-state index in [0.29, 0.717) is 29.4 Å². The van der Waals surface area contributed by atoms with Crippen molar-refractivity contribution in [1.82, 2.24) is 0 Å². The lowest BCUT2D eigenvalue weighted by Crippen LogP contribution is -2.40. The molecule has 0 fully saturated rings. The standard InChI is InChI=1S/C15H19NO6/c1-2-5-21-12-7-10(8-17)6-11-15(12)22-9-13(18)16(11)4-3-14(19)20/h6-7,17H,2-5,8-9H2,1H3,(H,19,20). The summed E-state index contributed by atoms with van der Waals surface area (Å²) in [5, 5.41) is 18.2. The summed E-state index contributed by atoms with van der Waals surface area (Å²) < 4.78 is 11.1. The largest absolute Gasteiger partial charge is 0.490 e. The van der Waals surface area contributed by atoms with Crippen LogP contribution in [-0.2, 0) is 16.2 Å². The summed E-state index contributed by atoms with van der Waals surface area (Å²) in [6.07, 6.45) is 0.638. The number of hydrogen-bond donors (Lipinski definition) is 2. The molecule has 0 unspecified atom stereocenters. The highest BCUT2D eigenvalue weighted by molar-refractivity contribution is 5.99. The fourth-order valence-electron chi connectivity index (χ4n) is 2.20. The van der Waals surface area contributed by atoms with Crippen molar-refractivity contribution >= 4 is 17.6 Å². The van der Waals surface area contributed by atoms with E-state index in [1.165, 1.54) is 4.90 Å². The van der Waals surface area contributed by atoms with Gasteiger partial charge in [0.25, 0.3) is 5.91 Å². The number of ether oxygens (including phenoxy) is 2. The molecule has 7 heteroatoms. The predicted molar refractivity (Wildman–Crippen MR) is 78.3 cm³/mol. The molecule has 7 nitrogen and oxygen atoms in total. The summed E-state index contributed by atoms with van der Waals surface area (Å²) in [7, 11) is 0. The summed E-state index contributed by atoms with van der Waals surface area (Å²) in [6, 6.07) is 3.28. The third-order valence-corrected chi connectivity index (χ3v) is 3.22. The van der Waals surface area contributed by atoms with Crippen molar-refractivity contribution in [2.45, 2.75) is 26.4 Å². The monoisotopic (exact) mass is 309 g/mol. The highest BCUT2D eigenvalue weighted by Gasteiger charge is 2.29. The van der Waals surface area contributed by atoms with Crippen molar-refractivity contribution in [3.63, 3.8) is 0 Å². The van der Waals surface area contributed by atoms with Crippen molar-refractivity contribution in [3.8, 4) is 11.5 Å². The van der Waals surface area contributed by atoms with Gasteiger partial charge >= 0.3 is 5.97 Å². The Balaban J connectivity index is 2.38. The molecule has 0 aliphatic carbocycles. The SMILES string of the molecule is CCCOc1cc(CO)cc2c1OCC(=O)N2CCC(=O)O. The van der Waals surface area contributed by atoms with E-state index in [-0.39, 0.29) is 32.1 Å². The number of carboxylic acid groups (broad SMARTS) is 1. The second-order valence-corrected chi connectivity index (χ2v) is 4.93. The van der Waals surface area contributed by atoms with Crippen molar-refractivity contribution in [2.75, 3.05) is 24.7 Å². The molecule has 0 saturated carbocycles. The van der Waals surface area contributed by atoms with Gasteiger partial charge in [-0.05, 0) is 24.1 Å². The zero-order valence-corrected chi connectivity index (χ0v) is 12.4. The molecule has 2 rings (SSSR count). The molecule has 1 heterocycles. The summed E-state index contributed by atoms with van der Waals surface area (Å²) in [5.41, 5.74) is 1.01. The van der Waals surface area contributed by atoms with Crippen LogP contribution >= 0.6 is 0 Å². The van der Waals surface area contributed by atoms with Crippen molar-refractivity contribution in [1.29, 1.82) is 0 Å². The summed E-state index contributed by atoms with van der Waals surface area (Å²) in [6.45, 7) is 2.12. The summed E-state index contributed by atoms with van der Waals surface area (Å²) >= 11 is 0. The number of benzene rings is 1. The maximum absolute atomic E-state index is 12.0. The number of anilines is 1. The van der Waals surface area contributed by atoms with E-state index in [2.05, 4.69) is 0 Å². The van der Waals surface area contributed by atoms with Gasteiger partial charge in [-0.25, -0.2) is 0 Å². The van der Waals surface area contributed by atoms with Gasteiger partial charge in [0.1, 0.15) is 0 Å². The Morgan fingerprint density at radius 1 is 1.45 bits per heavy atom. The highest BCUT2D eigenvalue weighted by Crippen LogP contribution is 2.41. The molecule has 1 aromatic rings. The van der Waals surface area contributed by atoms with Crippen LogP contribution in [0.2, 0.25) is 0 Å². The van der Waals surface area contributed by atoms with E-state index in [0.717, 1.165) is 6.42 Å². The van der Waals surface area contributed by atoms with E-state index in [1.54, 1.807) is 12.1 Å². The fourth-order valence-corrected chi connectivity index (χ4v) is 2.20. The number of fused-ring (bicyclic) bond motifs is 1. The zero-order valence-electron chi connectivity index (χ0n) is 12.4. The molecule has 1 aliphatic heterocycles. The van der Waals surface area contributed by atoms with Gasteiger partial charge in [-0.2, -0.15) is 0 Å². The summed E-state index contributed by atoms with van der Waals surface area (Å²) in [4.78, 5) is 24.1. The van der Waals surface area contributed by atoms with Gasteiger partial charge < -0.3 is 24.6 Å². The van der Waals surface area contributed by atoms with Crippen molar-refractivity contribution < 1.29 is 29.3 Å². The maximum atomic E-state index is 12.0. The normalized spacial score (nSPS) is 13.5. The van der Waals surface area contributed by atoms with Crippen LogP contribution in [0.25, 0.3) is 0 Å². The maximum Gasteiger partial charge on any atom is 0.305 e. The van der Waals surface area contributed by atoms with E-state index in [4.69, 9.17) is 14.6 Å². The van der Waals surface area contributed by atoms with Gasteiger partial charge in [0.05, 0.1) is 25.3 Å². The topological polar surface area (TPSA) is 96.3 Å². The Bertz CT molecular complexity index is 571. The fraction of sp³-hybridized carbons (Fsp3) is 0.467. The molecular weight excluding hydrogens is 290 g/mol. The number of aliphatic carboxylic acids is 1. The van der Waals surface area contributed by atoms with Gasteiger partial charge in [-0.3, -0.25) is 9.59 Å². The van der Waals surface area contributed by atoms with Gasteiger partial charge in [0.15, 0.2) is 18.1 Å². The van der Waals surface area contributed by atoms with Crippen LogP contribution in [0, 0.1) is 0 Å². The highest BCUT2D eigenvalue weighted by atomic mass is 16.5. The lowest BCUT2D eigenvalue weighted by atomic mass is 10.1. The van der Waals surface area contributed by atoms with Crippen LogP contribution < -0.4 is 14.4 Å². The average molecular weight is 309 g/mol. The molecule has 0 bridgehead atoms. The van der Waals surface area contributed by atoms with Crippen LogP contribution in [0.5, 0.6) is 11.5 Å². The number of carbonyl (C=O) groups is 2. The third-order valence-electron chi connectivity index (χ3n) is 3.22. The van der Waals surface area contributed by atoms with Crippen molar-refractivity contribution in [2.24, 2.45) is 0 Å². The Labute approximate surface area is 128 Å². The molecule has 120 valence electrons. The molecule has 0 saturated heterocycles. The van der Waals surface area contributed by atoms with Gasteiger partial charge in [-0.15, -0.1) is 0 Å². The number of hydrogen-bond acceptors (Lipinski definition) is 5. The minimum Gasteiger partial charge on any atom is -0.490 e. The lowest BCUT2D eigenvalue weighted by Gasteiger charge is -2.30. The third kappa shape index (κ3) is 3.48. The molecular formula is C15H19NO6. The van der Waals surface area contributed by atoms with Crippen molar-refractivity contribution in [3.05, 3.63) is 17.7 Å². The minimum atomic E-state index is -0.985. The molecule has 0 spiro atoms. The average Bonchev–Trinajstić information content (AvgIpc) is 2.50. The molecule has 0 atom stereocenters. The number of rotatable bonds is 7. The van der Waals surface area contributed by atoms with Crippen LogP contribution in [0.4, 0.5) is 5.69 Å². The molecule has 1 aliphatic rings. The molecule has 22 heavy (non-hydrogen) atoms. The Hall–Kier alpha value is -2.28. The van der Waals surface area contributed by atoms with E-state index < -0.39 is 5.97 Å².